The van der Waals surface area contributed by atoms with Gasteiger partial charge >= 0.3 is 0 Å². The molecule has 0 aliphatic heterocycles. The van der Waals surface area contributed by atoms with E-state index in [1.807, 2.05) is 24.3 Å². The molecular weight excluding hydrogens is 336 g/mol. The lowest BCUT2D eigenvalue weighted by molar-refractivity contribution is 0.521. The predicted octanol–water partition coefficient (Wildman–Crippen LogP) is 2.64. The maximum atomic E-state index is 12.4. The van der Waals surface area contributed by atoms with Crippen LogP contribution < -0.4 is 10.5 Å². The predicted molar refractivity (Wildman–Crippen MR) is 99.7 cm³/mol. The largest absolute Gasteiger partial charge is 0.336 e. The van der Waals surface area contributed by atoms with Crippen LogP contribution in [0.25, 0.3) is 0 Å². The van der Waals surface area contributed by atoms with Gasteiger partial charge in [0.15, 0.2) is 5.03 Å². The van der Waals surface area contributed by atoms with Crippen LogP contribution in [-0.2, 0) is 16.6 Å². The van der Waals surface area contributed by atoms with Gasteiger partial charge in [0.05, 0.1) is 6.33 Å². The third-order valence-electron chi connectivity index (χ3n) is 3.99. The van der Waals surface area contributed by atoms with E-state index in [4.69, 9.17) is 5.73 Å². The van der Waals surface area contributed by atoms with E-state index in [0.29, 0.717) is 11.8 Å². The molecule has 138 valence electrons. The molecule has 0 amide bonds. The lowest BCUT2D eigenvalue weighted by Gasteiger charge is -2.14. The Morgan fingerprint density at radius 2 is 1.72 bits per heavy atom. The number of nitrogens with two attached hydrogens (primary N) is 1. The Hall–Kier alpha value is -1.70. The molecule has 0 aliphatic rings. The molecule has 25 heavy (non-hydrogen) atoms. The van der Waals surface area contributed by atoms with Crippen molar-refractivity contribution in [3.8, 4) is 0 Å². The second-order valence-corrected chi connectivity index (χ2v) is 8.80. The van der Waals surface area contributed by atoms with E-state index >= 15 is 0 Å². The quantitative estimate of drug-likeness (QED) is 0.753. The SMILES string of the molecule is CC(C)Cn1cnc(S(=O)(=O)NCC(N)c2ccc(C(C)C)cc2)c1. The highest BCUT2D eigenvalue weighted by atomic mass is 32.2. The van der Waals surface area contributed by atoms with E-state index in [1.165, 1.54) is 5.56 Å². The van der Waals surface area contributed by atoms with Crippen LogP contribution in [0, 0.1) is 5.92 Å². The molecule has 1 aromatic carbocycles. The van der Waals surface area contributed by atoms with Crippen molar-refractivity contribution in [3.05, 3.63) is 47.9 Å². The van der Waals surface area contributed by atoms with Crippen molar-refractivity contribution in [2.45, 2.75) is 51.2 Å². The molecule has 3 N–H and O–H groups in total. The van der Waals surface area contributed by atoms with Gasteiger partial charge in [-0.05, 0) is 23.0 Å². The number of rotatable bonds is 8. The molecule has 1 aromatic heterocycles. The Morgan fingerprint density at radius 3 is 2.28 bits per heavy atom. The first kappa shape index (κ1) is 19.6. The zero-order valence-electron chi connectivity index (χ0n) is 15.3. The van der Waals surface area contributed by atoms with E-state index in [0.717, 1.165) is 12.1 Å². The summed E-state index contributed by atoms with van der Waals surface area (Å²) in [7, 11) is -3.66. The van der Waals surface area contributed by atoms with Gasteiger partial charge in [-0.15, -0.1) is 0 Å². The lowest BCUT2D eigenvalue weighted by atomic mass is 9.99. The van der Waals surface area contributed by atoms with Gasteiger partial charge in [0.1, 0.15) is 0 Å². The number of benzene rings is 1. The van der Waals surface area contributed by atoms with Gasteiger partial charge in [-0.1, -0.05) is 52.0 Å². The van der Waals surface area contributed by atoms with Crippen molar-refractivity contribution in [2.75, 3.05) is 6.54 Å². The Kier molecular flexibility index (Phi) is 6.37. The molecule has 1 atom stereocenters. The molecule has 2 aromatic rings. The Balaban J connectivity index is 1.99. The fourth-order valence-corrected chi connectivity index (χ4v) is 3.53. The average Bonchev–Trinajstić information content (AvgIpc) is 3.01. The van der Waals surface area contributed by atoms with Crippen LogP contribution in [0.1, 0.15) is 50.8 Å². The number of imidazole rings is 1. The van der Waals surface area contributed by atoms with Crippen molar-refractivity contribution in [3.63, 3.8) is 0 Å². The number of nitrogens with zero attached hydrogens (tertiary/aromatic N) is 2. The smallest absolute Gasteiger partial charge is 0.259 e. The van der Waals surface area contributed by atoms with Crippen molar-refractivity contribution >= 4 is 10.0 Å². The average molecular weight is 365 g/mol. The normalized spacial score (nSPS) is 13.6. The summed E-state index contributed by atoms with van der Waals surface area (Å²) in [5, 5.41) is 0.0236. The third-order valence-corrected chi connectivity index (χ3v) is 5.29. The second kappa shape index (κ2) is 8.12. The van der Waals surface area contributed by atoms with Crippen LogP contribution in [0.5, 0.6) is 0 Å². The molecule has 6 nitrogen and oxygen atoms in total. The van der Waals surface area contributed by atoms with Gasteiger partial charge in [-0.25, -0.2) is 18.1 Å². The molecule has 0 aliphatic carbocycles. The summed E-state index contributed by atoms with van der Waals surface area (Å²) in [5.41, 5.74) is 8.25. The minimum Gasteiger partial charge on any atom is -0.336 e. The molecule has 0 fully saturated rings. The van der Waals surface area contributed by atoms with Gasteiger partial charge in [-0.3, -0.25) is 0 Å². The molecule has 2 rings (SSSR count). The van der Waals surface area contributed by atoms with Gasteiger partial charge in [0, 0.05) is 25.3 Å². The molecule has 0 spiro atoms. The molecule has 0 bridgehead atoms. The summed E-state index contributed by atoms with van der Waals surface area (Å²) in [6, 6.07) is 7.55. The summed E-state index contributed by atoms with van der Waals surface area (Å²) in [6.45, 7) is 9.24. The number of hydrogen-bond donors (Lipinski definition) is 2. The van der Waals surface area contributed by atoms with Crippen LogP contribution in [0.4, 0.5) is 0 Å². The van der Waals surface area contributed by atoms with E-state index < -0.39 is 16.1 Å². The highest BCUT2D eigenvalue weighted by molar-refractivity contribution is 7.89. The first-order valence-electron chi connectivity index (χ1n) is 8.56. The first-order valence-corrected chi connectivity index (χ1v) is 10.0. The molecule has 0 saturated carbocycles. The highest BCUT2D eigenvalue weighted by Gasteiger charge is 2.19. The van der Waals surface area contributed by atoms with Crippen molar-refractivity contribution in [1.82, 2.24) is 14.3 Å². The summed E-state index contributed by atoms with van der Waals surface area (Å²) < 4.78 is 29.1. The number of aromatic nitrogens is 2. The minimum absolute atomic E-state index is 0.0236. The van der Waals surface area contributed by atoms with E-state index in [-0.39, 0.29) is 11.6 Å². The molecule has 7 heteroatoms. The molecule has 1 heterocycles. The van der Waals surface area contributed by atoms with Gasteiger partial charge in [0.2, 0.25) is 0 Å². The Bertz CT molecular complexity index is 780. The van der Waals surface area contributed by atoms with Gasteiger partial charge < -0.3 is 10.3 Å². The third kappa shape index (κ3) is 5.39. The maximum absolute atomic E-state index is 12.4. The summed E-state index contributed by atoms with van der Waals surface area (Å²) in [5.74, 6) is 0.865. The van der Waals surface area contributed by atoms with E-state index in [2.05, 4.69) is 37.4 Å². The van der Waals surface area contributed by atoms with Crippen LogP contribution in [-0.4, -0.2) is 24.5 Å². The fourth-order valence-electron chi connectivity index (χ4n) is 2.52. The van der Waals surface area contributed by atoms with Crippen molar-refractivity contribution in [1.29, 1.82) is 0 Å². The monoisotopic (exact) mass is 364 g/mol. The van der Waals surface area contributed by atoms with E-state index in [9.17, 15) is 8.42 Å². The molecule has 0 radical (unpaired) electrons. The van der Waals surface area contributed by atoms with Crippen molar-refractivity contribution < 1.29 is 8.42 Å². The van der Waals surface area contributed by atoms with Gasteiger partial charge in [0.25, 0.3) is 10.0 Å². The van der Waals surface area contributed by atoms with Crippen LogP contribution in [0.2, 0.25) is 0 Å². The number of sulfonamides is 1. The summed E-state index contributed by atoms with van der Waals surface area (Å²) >= 11 is 0. The van der Waals surface area contributed by atoms with Crippen LogP contribution >= 0.6 is 0 Å². The van der Waals surface area contributed by atoms with Crippen LogP contribution in [0.3, 0.4) is 0 Å². The minimum atomic E-state index is -3.66. The topological polar surface area (TPSA) is 90.0 Å². The number of nitrogens with one attached hydrogen (secondary N) is 1. The molecule has 1 unspecified atom stereocenters. The molecule has 0 saturated heterocycles. The maximum Gasteiger partial charge on any atom is 0.259 e. The Labute approximate surface area is 150 Å². The molecular formula is C18H28N4O2S. The number of hydrogen-bond acceptors (Lipinski definition) is 4. The summed E-state index contributed by atoms with van der Waals surface area (Å²) in [6.07, 6.45) is 3.09. The first-order chi connectivity index (χ1) is 11.7. The highest BCUT2D eigenvalue weighted by Crippen LogP contribution is 2.18. The van der Waals surface area contributed by atoms with Crippen molar-refractivity contribution in [2.24, 2.45) is 11.7 Å². The summed E-state index contributed by atoms with van der Waals surface area (Å²) in [4.78, 5) is 3.99. The zero-order chi connectivity index (χ0) is 18.6. The lowest BCUT2D eigenvalue weighted by Crippen LogP contribution is -2.32. The zero-order valence-corrected chi connectivity index (χ0v) is 16.1. The fraction of sp³-hybridized carbons (Fsp3) is 0.500. The van der Waals surface area contributed by atoms with Gasteiger partial charge in [-0.2, -0.15) is 0 Å². The second-order valence-electron chi connectivity index (χ2n) is 7.08. The van der Waals surface area contributed by atoms with E-state index in [1.54, 1.807) is 17.1 Å². The van der Waals surface area contributed by atoms with Crippen LogP contribution in [0.15, 0.2) is 41.8 Å². The Morgan fingerprint density at radius 1 is 1.12 bits per heavy atom. The standard InChI is InChI=1S/C18H28N4O2S/c1-13(2)10-22-11-18(20-12-22)25(23,24)21-9-17(19)16-7-5-15(6-8-16)14(3)4/h5-8,11-14,17,21H,9-10,19H2,1-4H3.